The molecule has 8 heteroatoms. The first-order valence-corrected chi connectivity index (χ1v) is 7.71. The van der Waals surface area contributed by atoms with Crippen LogP contribution in [0, 0.1) is 16.0 Å². The third-order valence-electron chi connectivity index (χ3n) is 3.72. The number of esters is 1. The van der Waals surface area contributed by atoms with Gasteiger partial charge in [-0.3, -0.25) is 19.7 Å². The summed E-state index contributed by atoms with van der Waals surface area (Å²) in [6.45, 7) is 2.67. The van der Waals surface area contributed by atoms with Gasteiger partial charge in [0.1, 0.15) is 5.56 Å². The maximum absolute atomic E-state index is 12.6. The quantitative estimate of drug-likeness (QED) is 0.477. The van der Waals surface area contributed by atoms with E-state index in [4.69, 9.17) is 16.3 Å². The van der Waals surface area contributed by atoms with Gasteiger partial charge in [-0.1, -0.05) is 11.6 Å². The number of hydrogen-bond donors (Lipinski definition) is 0. The minimum absolute atomic E-state index is 0.0242. The molecule has 124 valence electrons. The van der Waals surface area contributed by atoms with Gasteiger partial charge in [-0.15, -0.1) is 0 Å². The van der Waals surface area contributed by atoms with E-state index in [9.17, 15) is 19.7 Å². The molecule has 7 nitrogen and oxygen atoms in total. The average molecular weight is 341 g/mol. The molecule has 0 spiro atoms. The third kappa shape index (κ3) is 3.98. The first-order chi connectivity index (χ1) is 10.9. The lowest BCUT2D eigenvalue weighted by molar-refractivity contribution is -0.385. The van der Waals surface area contributed by atoms with Crippen molar-refractivity contribution in [3.8, 4) is 0 Å². The molecule has 1 saturated heterocycles. The molecule has 0 N–H and O–H groups in total. The summed E-state index contributed by atoms with van der Waals surface area (Å²) in [6.07, 6.45) is 1.29. The monoisotopic (exact) mass is 340 g/mol. The molecule has 0 bridgehead atoms. The van der Waals surface area contributed by atoms with E-state index in [1.807, 2.05) is 0 Å². The van der Waals surface area contributed by atoms with Crippen LogP contribution in [0.5, 0.6) is 0 Å². The lowest BCUT2D eigenvalue weighted by atomic mass is 9.97. The number of amides is 1. The Morgan fingerprint density at radius 1 is 1.48 bits per heavy atom. The number of nitrogens with zero attached hydrogens (tertiary/aromatic N) is 2. The number of nitro benzene ring substituents is 1. The van der Waals surface area contributed by atoms with E-state index >= 15 is 0 Å². The minimum Gasteiger partial charge on any atom is -0.466 e. The Hall–Kier alpha value is -2.15. The van der Waals surface area contributed by atoms with Gasteiger partial charge in [-0.25, -0.2) is 0 Å². The summed E-state index contributed by atoms with van der Waals surface area (Å²) in [5, 5.41) is 11.3. The average Bonchev–Trinajstić information content (AvgIpc) is 2.54. The number of hydrogen-bond acceptors (Lipinski definition) is 5. The largest absolute Gasteiger partial charge is 0.466 e. The Kier molecular flexibility index (Phi) is 5.54. The van der Waals surface area contributed by atoms with Gasteiger partial charge in [0.05, 0.1) is 17.4 Å². The van der Waals surface area contributed by atoms with E-state index < -0.39 is 10.8 Å². The summed E-state index contributed by atoms with van der Waals surface area (Å²) in [6, 6.07) is 3.94. The van der Waals surface area contributed by atoms with Crippen molar-refractivity contribution in [3.63, 3.8) is 0 Å². The Morgan fingerprint density at radius 3 is 2.87 bits per heavy atom. The van der Waals surface area contributed by atoms with E-state index in [2.05, 4.69) is 0 Å². The SMILES string of the molecule is CCOC(=O)[C@@H]1CCCN(C(=O)c2ccc(Cl)cc2[N+](=O)[O-])C1. The number of halogens is 1. The van der Waals surface area contributed by atoms with Gasteiger partial charge >= 0.3 is 5.97 Å². The predicted octanol–water partition coefficient (Wildman–Crippen LogP) is 2.66. The summed E-state index contributed by atoms with van der Waals surface area (Å²) < 4.78 is 4.99. The Morgan fingerprint density at radius 2 is 2.22 bits per heavy atom. The van der Waals surface area contributed by atoms with Crippen LogP contribution in [0.4, 0.5) is 5.69 Å². The highest BCUT2D eigenvalue weighted by atomic mass is 35.5. The van der Waals surface area contributed by atoms with Crippen LogP contribution in [0.15, 0.2) is 18.2 Å². The molecule has 1 aliphatic rings. The topological polar surface area (TPSA) is 89.8 Å². The number of likely N-dealkylation sites (tertiary alicyclic amines) is 1. The highest BCUT2D eigenvalue weighted by Gasteiger charge is 2.32. The van der Waals surface area contributed by atoms with Crippen molar-refractivity contribution < 1.29 is 19.2 Å². The lowest BCUT2D eigenvalue weighted by Crippen LogP contribution is -2.43. The fraction of sp³-hybridized carbons (Fsp3) is 0.467. The second-order valence-corrected chi connectivity index (χ2v) is 5.70. The Bertz CT molecular complexity index is 634. The number of rotatable bonds is 4. The van der Waals surface area contributed by atoms with E-state index in [1.54, 1.807) is 6.92 Å². The molecule has 2 rings (SSSR count). The Balaban J connectivity index is 2.20. The summed E-state index contributed by atoms with van der Waals surface area (Å²) in [5.41, 5.74) is -0.357. The summed E-state index contributed by atoms with van der Waals surface area (Å²) in [4.78, 5) is 36.4. The lowest BCUT2D eigenvalue weighted by Gasteiger charge is -2.31. The smallest absolute Gasteiger partial charge is 0.310 e. The molecule has 1 fully saturated rings. The number of ether oxygens (including phenoxy) is 1. The molecule has 1 aromatic rings. The van der Waals surface area contributed by atoms with E-state index in [0.717, 1.165) is 6.07 Å². The van der Waals surface area contributed by atoms with Gasteiger partial charge in [-0.2, -0.15) is 0 Å². The molecule has 0 aliphatic carbocycles. The van der Waals surface area contributed by atoms with Crippen LogP contribution in [0.3, 0.4) is 0 Å². The molecule has 0 saturated carbocycles. The van der Waals surface area contributed by atoms with Crippen molar-refractivity contribution in [2.75, 3.05) is 19.7 Å². The van der Waals surface area contributed by atoms with Crippen molar-refractivity contribution in [3.05, 3.63) is 38.9 Å². The summed E-state index contributed by atoms with van der Waals surface area (Å²) >= 11 is 5.76. The van der Waals surface area contributed by atoms with Crippen LogP contribution in [0.1, 0.15) is 30.1 Å². The van der Waals surface area contributed by atoms with E-state index in [0.29, 0.717) is 19.4 Å². The van der Waals surface area contributed by atoms with Gasteiger partial charge in [0.2, 0.25) is 0 Å². The van der Waals surface area contributed by atoms with Crippen molar-refractivity contribution in [2.45, 2.75) is 19.8 Å². The van der Waals surface area contributed by atoms with Crippen LogP contribution in [-0.2, 0) is 9.53 Å². The summed E-state index contributed by atoms with van der Waals surface area (Å²) in [7, 11) is 0. The third-order valence-corrected chi connectivity index (χ3v) is 3.95. The number of piperidine rings is 1. The maximum Gasteiger partial charge on any atom is 0.310 e. The highest BCUT2D eigenvalue weighted by Crippen LogP contribution is 2.26. The fourth-order valence-electron chi connectivity index (χ4n) is 2.62. The molecule has 23 heavy (non-hydrogen) atoms. The molecule has 0 radical (unpaired) electrons. The molecular formula is C15H17ClN2O5. The van der Waals surface area contributed by atoms with Crippen LogP contribution < -0.4 is 0 Å². The molecule has 1 heterocycles. The first-order valence-electron chi connectivity index (χ1n) is 7.34. The van der Waals surface area contributed by atoms with Crippen molar-refractivity contribution in [1.29, 1.82) is 0 Å². The molecule has 1 amide bonds. The normalized spacial score (nSPS) is 17.7. The number of carbonyl (C=O) groups excluding carboxylic acids is 2. The zero-order chi connectivity index (χ0) is 17.0. The molecule has 1 aliphatic heterocycles. The van der Waals surface area contributed by atoms with Gasteiger partial charge in [0.15, 0.2) is 0 Å². The number of nitro groups is 1. The maximum atomic E-state index is 12.6. The van der Waals surface area contributed by atoms with E-state index in [-0.39, 0.29) is 41.3 Å². The highest BCUT2D eigenvalue weighted by molar-refractivity contribution is 6.31. The van der Waals surface area contributed by atoms with Crippen molar-refractivity contribution in [1.82, 2.24) is 4.90 Å². The van der Waals surface area contributed by atoms with Gasteiger partial charge < -0.3 is 9.64 Å². The zero-order valence-electron chi connectivity index (χ0n) is 12.7. The molecular weight excluding hydrogens is 324 g/mol. The minimum atomic E-state index is -0.633. The second kappa shape index (κ2) is 7.41. The zero-order valence-corrected chi connectivity index (χ0v) is 13.4. The van der Waals surface area contributed by atoms with Gasteiger partial charge in [0, 0.05) is 24.2 Å². The van der Waals surface area contributed by atoms with Crippen molar-refractivity contribution in [2.24, 2.45) is 5.92 Å². The Labute approximate surface area is 138 Å². The first kappa shape index (κ1) is 17.2. The van der Waals surface area contributed by atoms with E-state index in [1.165, 1.54) is 17.0 Å². The standard InChI is InChI=1S/C15H17ClN2O5/c1-2-23-15(20)10-4-3-7-17(9-10)14(19)12-6-5-11(16)8-13(12)18(21)22/h5-6,8,10H,2-4,7,9H2,1H3/t10-/m1/s1. The molecule has 1 atom stereocenters. The number of benzene rings is 1. The van der Waals surface area contributed by atoms with Crippen molar-refractivity contribution >= 4 is 29.2 Å². The van der Waals surface area contributed by atoms with Crippen LogP contribution in [0.25, 0.3) is 0 Å². The molecule has 1 aromatic carbocycles. The molecule has 0 aromatic heterocycles. The van der Waals surface area contributed by atoms with Crippen LogP contribution in [-0.4, -0.2) is 41.4 Å². The second-order valence-electron chi connectivity index (χ2n) is 5.26. The van der Waals surface area contributed by atoms with Gasteiger partial charge in [-0.05, 0) is 31.9 Å². The molecule has 0 unspecified atom stereocenters. The predicted molar refractivity (Wildman–Crippen MR) is 83.4 cm³/mol. The number of carbonyl (C=O) groups is 2. The summed E-state index contributed by atoms with van der Waals surface area (Å²) in [5.74, 6) is -1.20. The van der Waals surface area contributed by atoms with Crippen LogP contribution in [0.2, 0.25) is 5.02 Å². The fourth-order valence-corrected chi connectivity index (χ4v) is 2.79. The van der Waals surface area contributed by atoms with Gasteiger partial charge in [0.25, 0.3) is 11.6 Å². The van der Waals surface area contributed by atoms with Crippen LogP contribution >= 0.6 is 11.6 Å².